The number of benzene rings is 1. The highest BCUT2D eigenvalue weighted by atomic mass is 16.6. The van der Waals surface area contributed by atoms with E-state index >= 15 is 0 Å². The molecule has 1 aliphatic heterocycles. The van der Waals surface area contributed by atoms with Gasteiger partial charge in [0.05, 0.1) is 32.0 Å². The molecule has 84 valence electrons. The number of nitrogens with zero attached hydrogens (tertiary/aromatic N) is 3. The molecule has 0 saturated carbocycles. The van der Waals surface area contributed by atoms with Gasteiger partial charge in [0.25, 0.3) is 0 Å². The van der Waals surface area contributed by atoms with E-state index in [2.05, 4.69) is 10.0 Å². The predicted octanol–water partition coefficient (Wildman–Crippen LogP) is 2.28. The van der Waals surface area contributed by atoms with Crippen LogP contribution in [0.4, 0.5) is 0 Å². The molecule has 1 aliphatic rings. The van der Waals surface area contributed by atoms with Crippen LogP contribution in [0.5, 0.6) is 0 Å². The summed E-state index contributed by atoms with van der Waals surface area (Å²) in [6.45, 7) is 1.60. The monoisotopic (exact) mass is 219 g/mol. The van der Waals surface area contributed by atoms with E-state index in [-0.39, 0.29) is 12.1 Å². The molecule has 2 atom stereocenters. The lowest BCUT2D eigenvalue weighted by Crippen LogP contribution is -2.19. The fraction of sp³-hybridized carbons (Fsp3) is 0.455. The van der Waals surface area contributed by atoms with E-state index in [1.807, 2.05) is 30.3 Å². The molecule has 1 aromatic carbocycles. The van der Waals surface area contributed by atoms with Gasteiger partial charge in [0.1, 0.15) is 0 Å². The fourth-order valence-electron chi connectivity index (χ4n) is 1.43. The molecular formula is C11H13N3O2. The predicted molar refractivity (Wildman–Crippen MR) is 58.8 cm³/mol. The molecule has 0 spiro atoms. The average molecular weight is 219 g/mol. The van der Waals surface area contributed by atoms with Crippen LogP contribution in [0.3, 0.4) is 0 Å². The zero-order valence-electron chi connectivity index (χ0n) is 8.82. The molecule has 0 radical (unpaired) electrons. The molecule has 0 bridgehead atoms. The molecule has 1 heterocycles. The van der Waals surface area contributed by atoms with E-state index in [1.54, 1.807) is 0 Å². The van der Waals surface area contributed by atoms with Crippen LogP contribution in [-0.4, -0.2) is 25.4 Å². The molecule has 5 nitrogen and oxygen atoms in total. The molecule has 0 amide bonds. The maximum Gasteiger partial charge on any atom is 0.0916 e. The van der Waals surface area contributed by atoms with Crippen LogP contribution >= 0.6 is 0 Å². The Morgan fingerprint density at radius 3 is 2.88 bits per heavy atom. The van der Waals surface area contributed by atoms with Crippen LogP contribution in [0.15, 0.2) is 35.4 Å². The normalized spacial score (nSPS) is 19.9. The van der Waals surface area contributed by atoms with Gasteiger partial charge in [0, 0.05) is 4.91 Å². The molecule has 1 fully saturated rings. The SMILES string of the molecule is [N-]=[N+]=N[C@H](COCc1ccccc1)[C@@H]1CO1. The Hall–Kier alpha value is -1.55. The third kappa shape index (κ3) is 3.24. The number of epoxide rings is 1. The Bertz CT molecular complexity index is 372. The maximum atomic E-state index is 8.38. The van der Waals surface area contributed by atoms with Crippen molar-refractivity contribution in [3.8, 4) is 0 Å². The first-order valence-electron chi connectivity index (χ1n) is 5.17. The summed E-state index contributed by atoms with van der Waals surface area (Å²) in [5, 5.41) is 3.65. The number of azide groups is 1. The number of rotatable bonds is 6. The lowest BCUT2D eigenvalue weighted by Gasteiger charge is -2.08. The summed E-state index contributed by atoms with van der Waals surface area (Å²) in [5.41, 5.74) is 9.49. The minimum absolute atomic E-state index is 0.0478. The third-order valence-corrected chi connectivity index (χ3v) is 2.39. The van der Waals surface area contributed by atoms with Crippen LogP contribution in [0.25, 0.3) is 10.4 Å². The van der Waals surface area contributed by atoms with Crippen molar-refractivity contribution in [2.45, 2.75) is 18.8 Å². The Balaban J connectivity index is 1.76. The second-order valence-corrected chi connectivity index (χ2v) is 3.64. The molecule has 5 heteroatoms. The van der Waals surface area contributed by atoms with Crippen molar-refractivity contribution in [2.75, 3.05) is 13.2 Å². The van der Waals surface area contributed by atoms with Crippen molar-refractivity contribution in [3.05, 3.63) is 46.3 Å². The van der Waals surface area contributed by atoms with Gasteiger partial charge < -0.3 is 9.47 Å². The van der Waals surface area contributed by atoms with E-state index in [0.717, 1.165) is 5.56 Å². The summed E-state index contributed by atoms with van der Waals surface area (Å²) < 4.78 is 10.6. The summed E-state index contributed by atoms with van der Waals surface area (Å²) in [4.78, 5) is 2.79. The smallest absolute Gasteiger partial charge is 0.0916 e. The highest BCUT2D eigenvalue weighted by Crippen LogP contribution is 2.18. The van der Waals surface area contributed by atoms with Gasteiger partial charge in [-0.3, -0.25) is 0 Å². The van der Waals surface area contributed by atoms with Gasteiger partial charge >= 0.3 is 0 Å². The van der Waals surface area contributed by atoms with E-state index in [1.165, 1.54) is 0 Å². The van der Waals surface area contributed by atoms with Crippen molar-refractivity contribution in [2.24, 2.45) is 5.11 Å². The van der Waals surface area contributed by atoms with Crippen molar-refractivity contribution in [3.63, 3.8) is 0 Å². The van der Waals surface area contributed by atoms with Crippen molar-refractivity contribution >= 4 is 0 Å². The summed E-state index contributed by atoms with van der Waals surface area (Å²) in [6.07, 6.45) is 0.0478. The first-order valence-corrected chi connectivity index (χ1v) is 5.17. The van der Waals surface area contributed by atoms with Gasteiger partial charge in [-0.05, 0) is 11.1 Å². The Kier molecular flexibility index (Phi) is 3.77. The lowest BCUT2D eigenvalue weighted by molar-refractivity contribution is 0.100. The van der Waals surface area contributed by atoms with Gasteiger partial charge in [-0.25, -0.2) is 0 Å². The van der Waals surface area contributed by atoms with Crippen LogP contribution < -0.4 is 0 Å². The van der Waals surface area contributed by atoms with E-state index in [0.29, 0.717) is 19.8 Å². The lowest BCUT2D eigenvalue weighted by atomic mass is 10.2. The topological polar surface area (TPSA) is 70.5 Å². The van der Waals surface area contributed by atoms with Gasteiger partial charge in [-0.1, -0.05) is 35.4 Å². The second kappa shape index (κ2) is 5.51. The van der Waals surface area contributed by atoms with Crippen LogP contribution in [0.2, 0.25) is 0 Å². The van der Waals surface area contributed by atoms with E-state index in [4.69, 9.17) is 15.0 Å². The quantitative estimate of drug-likeness (QED) is 0.318. The Morgan fingerprint density at radius 2 is 2.25 bits per heavy atom. The zero-order valence-corrected chi connectivity index (χ0v) is 8.82. The maximum absolute atomic E-state index is 8.38. The van der Waals surface area contributed by atoms with Gasteiger partial charge in [-0.15, -0.1) is 0 Å². The highest BCUT2D eigenvalue weighted by molar-refractivity contribution is 5.13. The van der Waals surface area contributed by atoms with Crippen molar-refractivity contribution in [1.82, 2.24) is 0 Å². The largest absolute Gasteiger partial charge is 0.376 e. The minimum atomic E-state index is -0.200. The van der Waals surface area contributed by atoms with Crippen LogP contribution in [0.1, 0.15) is 5.56 Å². The van der Waals surface area contributed by atoms with Crippen molar-refractivity contribution in [1.29, 1.82) is 0 Å². The molecule has 16 heavy (non-hydrogen) atoms. The minimum Gasteiger partial charge on any atom is -0.376 e. The molecule has 0 aliphatic carbocycles. The molecule has 2 rings (SSSR count). The molecule has 0 aromatic heterocycles. The average Bonchev–Trinajstić information content (AvgIpc) is 3.13. The first-order chi connectivity index (χ1) is 7.90. The second-order valence-electron chi connectivity index (χ2n) is 3.64. The summed E-state index contributed by atoms with van der Waals surface area (Å²) >= 11 is 0. The van der Waals surface area contributed by atoms with Gasteiger partial charge in [0.2, 0.25) is 0 Å². The molecular weight excluding hydrogens is 206 g/mol. The molecule has 1 saturated heterocycles. The first kappa shape index (κ1) is 11.0. The fourth-order valence-corrected chi connectivity index (χ4v) is 1.43. The summed E-state index contributed by atoms with van der Waals surface area (Å²) in [5.74, 6) is 0. The number of ether oxygens (including phenoxy) is 2. The van der Waals surface area contributed by atoms with Crippen molar-refractivity contribution < 1.29 is 9.47 Å². The Morgan fingerprint density at radius 1 is 1.50 bits per heavy atom. The third-order valence-electron chi connectivity index (χ3n) is 2.39. The van der Waals surface area contributed by atoms with Crippen LogP contribution in [0, 0.1) is 0 Å². The molecule has 0 unspecified atom stereocenters. The summed E-state index contributed by atoms with van der Waals surface area (Å²) in [7, 11) is 0. The van der Waals surface area contributed by atoms with E-state index < -0.39 is 0 Å². The number of hydrogen-bond acceptors (Lipinski definition) is 3. The van der Waals surface area contributed by atoms with Gasteiger partial charge in [0.15, 0.2) is 0 Å². The van der Waals surface area contributed by atoms with Crippen LogP contribution in [-0.2, 0) is 16.1 Å². The summed E-state index contributed by atoms with van der Waals surface area (Å²) in [6, 6.07) is 9.69. The number of hydrogen-bond donors (Lipinski definition) is 0. The van der Waals surface area contributed by atoms with Gasteiger partial charge in [-0.2, -0.15) is 0 Å². The molecule has 1 aromatic rings. The zero-order chi connectivity index (χ0) is 11.2. The Labute approximate surface area is 93.6 Å². The highest BCUT2D eigenvalue weighted by Gasteiger charge is 2.32. The standard InChI is InChI=1S/C11H13N3O2/c12-14-13-10(11-8-16-11)7-15-6-9-4-2-1-3-5-9/h1-5,10-11H,6-8H2/t10-,11+/m1/s1. The van der Waals surface area contributed by atoms with E-state index in [9.17, 15) is 0 Å². The molecule has 0 N–H and O–H groups in total.